The molecule has 2 aromatic carbocycles. The van der Waals surface area contributed by atoms with Crippen molar-refractivity contribution in [1.29, 1.82) is 0 Å². The lowest BCUT2D eigenvalue weighted by atomic mass is 10.2. The van der Waals surface area contributed by atoms with Crippen LogP contribution >= 0.6 is 0 Å². The Morgan fingerprint density at radius 2 is 2.00 bits per heavy atom. The molecule has 0 saturated heterocycles. The first-order valence-corrected chi connectivity index (χ1v) is 7.13. The summed E-state index contributed by atoms with van der Waals surface area (Å²) in [4.78, 5) is 12.0. The van der Waals surface area contributed by atoms with Crippen LogP contribution in [0.15, 0.2) is 47.6 Å². The Hall–Kier alpha value is -3.02. The van der Waals surface area contributed by atoms with Gasteiger partial charge < -0.3 is 14.2 Å². The van der Waals surface area contributed by atoms with E-state index in [-0.39, 0.29) is 5.91 Å². The van der Waals surface area contributed by atoms with Gasteiger partial charge in [0.2, 0.25) is 0 Å². The van der Waals surface area contributed by atoms with Crippen molar-refractivity contribution in [1.82, 2.24) is 5.43 Å². The second-order valence-electron chi connectivity index (χ2n) is 4.83. The van der Waals surface area contributed by atoms with Gasteiger partial charge in [-0.2, -0.15) is 5.10 Å². The summed E-state index contributed by atoms with van der Waals surface area (Å²) in [5.41, 5.74) is 3.76. The predicted octanol–water partition coefficient (Wildman–Crippen LogP) is 2.23. The molecule has 0 aromatic heterocycles. The Balaban J connectivity index is 1.65. The minimum absolute atomic E-state index is 0.308. The first-order valence-electron chi connectivity index (χ1n) is 7.13. The SMILES string of the molecule is COc1cccc(C(=O)NN=Cc2ccc3c(c2)OCCO3)c1. The Bertz CT molecular complexity index is 743. The number of nitrogens with one attached hydrogen (secondary N) is 1. The van der Waals surface area contributed by atoms with Gasteiger partial charge in [0.25, 0.3) is 5.91 Å². The molecule has 0 fully saturated rings. The molecule has 2 aromatic rings. The van der Waals surface area contributed by atoms with Crippen LogP contribution in [0, 0.1) is 0 Å². The van der Waals surface area contributed by atoms with Crippen LogP contribution in [0.4, 0.5) is 0 Å². The number of hydrazone groups is 1. The fraction of sp³-hybridized carbons (Fsp3) is 0.176. The number of fused-ring (bicyclic) bond motifs is 1. The molecule has 23 heavy (non-hydrogen) atoms. The number of rotatable bonds is 4. The van der Waals surface area contributed by atoms with E-state index in [0.29, 0.717) is 36.0 Å². The van der Waals surface area contributed by atoms with Crippen molar-refractivity contribution < 1.29 is 19.0 Å². The highest BCUT2D eigenvalue weighted by Gasteiger charge is 2.11. The number of benzene rings is 2. The van der Waals surface area contributed by atoms with Crippen molar-refractivity contribution in [2.24, 2.45) is 5.10 Å². The molecule has 0 unspecified atom stereocenters. The van der Waals surface area contributed by atoms with Gasteiger partial charge in [-0.1, -0.05) is 6.07 Å². The lowest BCUT2D eigenvalue weighted by Crippen LogP contribution is -2.17. The highest BCUT2D eigenvalue weighted by atomic mass is 16.6. The summed E-state index contributed by atoms with van der Waals surface area (Å²) < 4.78 is 16.0. The van der Waals surface area contributed by atoms with Crippen molar-refractivity contribution in [3.63, 3.8) is 0 Å². The van der Waals surface area contributed by atoms with Crippen molar-refractivity contribution >= 4 is 12.1 Å². The fourth-order valence-corrected chi connectivity index (χ4v) is 2.13. The van der Waals surface area contributed by atoms with E-state index >= 15 is 0 Å². The maximum Gasteiger partial charge on any atom is 0.271 e. The van der Waals surface area contributed by atoms with Crippen molar-refractivity contribution in [3.05, 3.63) is 53.6 Å². The van der Waals surface area contributed by atoms with Gasteiger partial charge in [0.05, 0.1) is 13.3 Å². The summed E-state index contributed by atoms with van der Waals surface area (Å²) in [6.45, 7) is 1.08. The standard InChI is InChI=1S/C17H16N2O4/c1-21-14-4-2-3-13(10-14)17(20)19-18-11-12-5-6-15-16(9-12)23-8-7-22-15/h2-6,9-11H,7-8H2,1H3,(H,19,20). The zero-order valence-electron chi connectivity index (χ0n) is 12.6. The summed E-state index contributed by atoms with van der Waals surface area (Å²) in [6.07, 6.45) is 1.55. The summed E-state index contributed by atoms with van der Waals surface area (Å²) in [5, 5.41) is 3.96. The van der Waals surface area contributed by atoms with Crippen LogP contribution in [0.3, 0.4) is 0 Å². The van der Waals surface area contributed by atoms with Crippen molar-refractivity contribution in [2.75, 3.05) is 20.3 Å². The molecular formula is C17H16N2O4. The van der Waals surface area contributed by atoms with Crippen LogP contribution in [0.2, 0.25) is 0 Å². The molecule has 0 saturated carbocycles. The van der Waals surface area contributed by atoms with Gasteiger partial charge in [0.1, 0.15) is 19.0 Å². The Labute approximate surface area is 133 Å². The largest absolute Gasteiger partial charge is 0.497 e. The second-order valence-corrected chi connectivity index (χ2v) is 4.83. The molecule has 1 heterocycles. The van der Waals surface area contributed by atoms with E-state index in [0.717, 1.165) is 5.56 Å². The molecule has 118 valence electrons. The van der Waals surface area contributed by atoms with Crippen LogP contribution in [0.1, 0.15) is 15.9 Å². The smallest absolute Gasteiger partial charge is 0.271 e. The zero-order chi connectivity index (χ0) is 16.1. The van der Waals surface area contributed by atoms with Gasteiger partial charge >= 0.3 is 0 Å². The molecule has 3 rings (SSSR count). The highest BCUT2D eigenvalue weighted by Crippen LogP contribution is 2.30. The van der Waals surface area contributed by atoms with Gasteiger partial charge in [-0.05, 0) is 42.0 Å². The molecule has 1 amide bonds. The average molecular weight is 312 g/mol. The lowest BCUT2D eigenvalue weighted by Gasteiger charge is -2.18. The molecule has 6 heteroatoms. The van der Waals surface area contributed by atoms with Gasteiger partial charge in [-0.25, -0.2) is 5.43 Å². The lowest BCUT2D eigenvalue weighted by molar-refractivity contribution is 0.0955. The Morgan fingerprint density at radius 1 is 1.17 bits per heavy atom. The number of methoxy groups -OCH3 is 1. The van der Waals surface area contributed by atoms with Crippen LogP contribution in [-0.2, 0) is 0 Å². The monoisotopic (exact) mass is 312 g/mol. The van der Waals surface area contributed by atoms with E-state index in [1.165, 1.54) is 0 Å². The molecule has 1 aliphatic heterocycles. The first-order chi connectivity index (χ1) is 11.3. The third kappa shape index (κ3) is 3.60. The average Bonchev–Trinajstić information content (AvgIpc) is 2.61. The summed E-state index contributed by atoms with van der Waals surface area (Å²) >= 11 is 0. The topological polar surface area (TPSA) is 69.2 Å². The van der Waals surface area contributed by atoms with E-state index < -0.39 is 0 Å². The summed E-state index contributed by atoms with van der Waals surface area (Å²) in [6, 6.07) is 12.3. The number of ether oxygens (including phenoxy) is 3. The Kier molecular flexibility index (Phi) is 4.42. The van der Waals surface area contributed by atoms with E-state index in [1.807, 2.05) is 18.2 Å². The maximum atomic E-state index is 12.0. The second kappa shape index (κ2) is 6.83. The fourth-order valence-electron chi connectivity index (χ4n) is 2.13. The minimum Gasteiger partial charge on any atom is -0.497 e. The van der Waals surface area contributed by atoms with Gasteiger partial charge in [0.15, 0.2) is 11.5 Å². The van der Waals surface area contributed by atoms with E-state index in [9.17, 15) is 4.79 Å². The highest BCUT2D eigenvalue weighted by molar-refractivity contribution is 5.95. The molecule has 1 aliphatic rings. The number of hydrogen-bond donors (Lipinski definition) is 1. The van der Waals surface area contributed by atoms with Crippen molar-refractivity contribution in [2.45, 2.75) is 0 Å². The third-order valence-electron chi connectivity index (χ3n) is 3.28. The number of carbonyl (C=O) groups is 1. The molecular weight excluding hydrogens is 296 g/mol. The van der Waals surface area contributed by atoms with Crippen molar-refractivity contribution in [3.8, 4) is 17.2 Å². The number of nitrogens with zero attached hydrogens (tertiary/aromatic N) is 1. The molecule has 6 nitrogen and oxygen atoms in total. The van der Waals surface area contributed by atoms with Crippen LogP contribution in [-0.4, -0.2) is 32.4 Å². The summed E-state index contributed by atoms with van der Waals surface area (Å²) in [7, 11) is 1.55. The number of carbonyl (C=O) groups excluding carboxylic acids is 1. The Morgan fingerprint density at radius 3 is 2.83 bits per heavy atom. The number of amides is 1. The first kappa shape index (κ1) is 14.9. The molecule has 0 radical (unpaired) electrons. The molecule has 0 spiro atoms. The predicted molar refractivity (Wildman–Crippen MR) is 85.5 cm³/mol. The summed E-state index contributed by atoms with van der Waals surface area (Å²) in [5.74, 6) is 1.71. The van der Waals surface area contributed by atoms with E-state index in [2.05, 4.69) is 10.5 Å². The van der Waals surface area contributed by atoms with Gasteiger partial charge in [-0.3, -0.25) is 4.79 Å². The zero-order valence-corrected chi connectivity index (χ0v) is 12.6. The third-order valence-corrected chi connectivity index (χ3v) is 3.28. The van der Waals surface area contributed by atoms with E-state index in [4.69, 9.17) is 14.2 Å². The number of hydrogen-bond acceptors (Lipinski definition) is 5. The molecule has 0 aliphatic carbocycles. The molecule has 0 bridgehead atoms. The van der Waals surface area contributed by atoms with E-state index in [1.54, 1.807) is 37.6 Å². The van der Waals surface area contributed by atoms with Crippen LogP contribution in [0.5, 0.6) is 17.2 Å². The van der Waals surface area contributed by atoms with Crippen LogP contribution < -0.4 is 19.6 Å². The molecule has 1 N–H and O–H groups in total. The van der Waals surface area contributed by atoms with Crippen LogP contribution in [0.25, 0.3) is 0 Å². The molecule has 0 atom stereocenters. The quantitative estimate of drug-likeness (QED) is 0.694. The minimum atomic E-state index is -0.308. The normalized spacial score (nSPS) is 12.9. The maximum absolute atomic E-state index is 12.0. The van der Waals surface area contributed by atoms with Gasteiger partial charge in [0, 0.05) is 5.56 Å². The van der Waals surface area contributed by atoms with Gasteiger partial charge in [-0.15, -0.1) is 0 Å².